The summed E-state index contributed by atoms with van der Waals surface area (Å²) >= 11 is 9.74. The van der Waals surface area contributed by atoms with E-state index in [2.05, 4.69) is 33.9 Å². The fraction of sp³-hybridized carbons (Fsp3) is 0.571. The predicted molar refractivity (Wildman–Crippen MR) is 80.9 cm³/mol. The predicted octanol–water partition coefficient (Wildman–Crippen LogP) is 4.24. The molecule has 1 aromatic carbocycles. The van der Waals surface area contributed by atoms with Crippen LogP contribution in [0.4, 0.5) is 5.69 Å². The van der Waals surface area contributed by atoms with Gasteiger partial charge in [-0.1, -0.05) is 33.6 Å². The number of hydrogen-bond acceptors (Lipinski definition) is 2. The second-order valence-electron chi connectivity index (χ2n) is 4.74. The van der Waals surface area contributed by atoms with Gasteiger partial charge in [-0.05, 0) is 31.4 Å². The van der Waals surface area contributed by atoms with Gasteiger partial charge in [-0.15, -0.1) is 0 Å². The van der Waals surface area contributed by atoms with Gasteiger partial charge in [0.1, 0.15) is 0 Å². The van der Waals surface area contributed by atoms with E-state index in [1.54, 1.807) is 0 Å². The molecule has 1 heterocycles. The van der Waals surface area contributed by atoms with Crippen molar-refractivity contribution in [3.8, 4) is 0 Å². The Hall–Kier alpha value is -0.250. The number of hydrogen-bond donors (Lipinski definition) is 0. The Bertz CT molecular complexity index is 393. The number of halogens is 2. The van der Waals surface area contributed by atoms with Gasteiger partial charge in [-0.25, -0.2) is 0 Å². The van der Waals surface area contributed by atoms with Crippen LogP contribution >= 0.6 is 27.5 Å². The fourth-order valence-electron chi connectivity index (χ4n) is 2.39. The first kappa shape index (κ1) is 14.2. The first-order valence-electron chi connectivity index (χ1n) is 6.38. The Morgan fingerprint density at radius 2 is 2.28 bits per heavy atom. The third-order valence-corrected chi connectivity index (χ3v) is 4.31. The molecule has 0 radical (unpaired) electrons. The molecule has 2 rings (SSSR count). The molecule has 0 saturated carbocycles. The molecule has 1 aliphatic heterocycles. The first-order valence-corrected chi connectivity index (χ1v) is 7.88. The Kier molecular flexibility index (Phi) is 5.34. The van der Waals surface area contributed by atoms with Crippen molar-refractivity contribution in [2.45, 2.75) is 30.7 Å². The number of alkyl halides is 1. The molecule has 1 atom stereocenters. The molecule has 100 valence electrons. The molecule has 4 heteroatoms. The second-order valence-corrected chi connectivity index (χ2v) is 5.71. The van der Waals surface area contributed by atoms with E-state index in [9.17, 15) is 0 Å². The van der Waals surface area contributed by atoms with Gasteiger partial charge in [0.05, 0.1) is 6.10 Å². The van der Waals surface area contributed by atoms with Crippen LogP contribution in [0.5, 0.6) is 0 Å². The Labute approximate surface area is 122 Å². The van der Waals surface area contributed by atoms with Crippen molar-refractivity contribution in [2.75, 3.05) is 25.1 Å². The third kappa shape index (κ3) is 3.40. The van der Waals surface area contributed by atoms with Crippen molar-refractivity contribution < 1.29 is 4.74 Å². The summed E-state index contributed by atoms with van der Waals surface area (Å²) in [6, 6.07) is 6.06. The molecule has 1 saturated heterocycles. The van der Waals surface area contributed by atoms with Gasteiger partial charge >= 0.3 is 0 Å². The van der Waals surface area contributed by atoms with Crippen LogP contribution in [0.1, 0.15) is 24.8 Å². The number of likely N-dealkylation sites (N-methyl/N-ethyl adjacent to an activating group) is 1. The van der Waals surface area contributed by atoms with Gasteiger partial charge in [-0.3, -0.25) is 0 Å². The standard InChI is InChI=1S/C14H19BrClNO/c1-17(10-11-5-2-3-8-18-11)14-7-4-6-13(16)12(14)9-15/h4,6-7,11H,2-3,5,8-10H2,1H3. The van der Waals surface area contributed by atoms with Crippen LogP contribution in [0.15, 0.2) is 18.2 Å². The van der Waals surface area contributed by atoms with Gasteiger partial charge in [0.2, 0.25) is 0 Å². The molecular weight excluding hydrogens is 314 g/mol. The van der Waals surface area contributed by atoms with Gasteiger partial charge in [0.25, 0.3) is 0 Å². The van der Waals surface area contributed by atoms with Gasteiger partial charge < -0.3 is 9.64 Å². The van der Waals surface area contributed by atoms with Crippen molar-refractivity contribution >= 4 is 33.2 Å². The van der Waals surface area contributed by atoms with E-state index < -0.39 is 0 Å². The zero-order valence-corrected chi connectivity index (χ0v) is 13.0. The topological polar surface area (TPSA) is 12.5 Å². The number of benzene rings is 1. The molecule has 0 spiro atoms. The smallest absolute Gasteiger partial charge is 0.0749 e. The van der Waals surface area contributed by atoms with Crippen LogP contribution in [-0.4, -0.2) is 26.3 Å². The highest BCUT2D eigenvalue weighted by atomic mass is 79.9. The molecule has 0 amide bonds. The normalized spacial score (nSPS) is 19.8. The largest absolute Gasteiger partial charge is 0.376 e. The molecule has 18 heavy (non-hydrogen) atoms. The Morgan fingerprint density at radius 3 is 2.94 bits per heavy atom. The second kappa shape index (κ2) is 6.78. The van der Waals surface area contributed by atoms with E-state index in [0.29, 0.717) is 6.10 Å². The summed E-state index contributed by atoms with van der Waals surface area (Å²) in [5.41, 5.74) is 2.34. The summed E-state index contributed by atoms with van der Waals surface area (Å²) in [4.78, 5) is 2.25. The van der Waals surface area contributed by atoms with Crippen molar-refractivity contribution in [3.05, 3.63) is 28.8 Å². The zero-order chi connectivity index (χ0) is 13.0. The zero-order valence-electron chi connectivity index (χ0n) is 10.7. The van der Waals surface area contributed by atoms with E-state index in [1.165, 1.54) is 18.5 Å². The number of anilines is 1. The van der Waals surface area contributed by atoms with Crippen molar-refractivity contribution in [2.24, 2.45) is 0 Å². The SMILES string of the molecule is CN(CC1CCCCO1)c1cccc(Cl)c1CBr. The maximum absolute atomic E-state index is 6.23. The molecule has 0 N–H and O–H groups in total. The Morgan fingerprint density at radius 1 is 1.44 bits per heavy atom. The average molecular weight is 333 g/mol. The van der Waals surface area contributed by atoms with Crippen LogP contribution in [0, 0.1) is 0 Å². The van der Waals surface area contributed by atoms with Crippen LogP contribution in [-0.2, 0) is 10.1 Å². The molecule has 1 unspecified atom stereocenters. The molecule has 1 fully saturated rings. The van der Waals surface area contributed by atoms with Crippen LogP contribution in [0.25, 0.3) is 0 Å². The lowest BCUT2D eigenvalue weighted by molar-refractivity contribution is 0.0216. The highest BCUT2D eigenvalue weighted by molar-refractivity contribution is 9.08. The monoisotopic (exact) mass is 331 g/mol. The van der Waals surface area contributed by atoms with E-state index in [-0.39, 0.29) is 0 Å². The van der Waals surface area contributed by atoms with Gasteiger partial charge in [0.15, 0.2) is 0 Å². The lowest BCUT2D eigenvalue weighted by atomic mass is 10.1. The summed E-state index contributed by atoms with van der Waals surface area (Å²) in [5, 5.41) is 1.60. The number of rotatable bonds is 4. The minimum atomic E-state index is 0.353. The lowest BCUT2D eigenvalue weighted by Crippen LogP contribution is -2.33. The average Bonchev–Trinajstić information content (AvgIpc) is 2.39. The third-order valence-electron chi connectivity index (χ3n) is 3.39. The van der Waals surface area contributed by atoms with E-state index in [1.807, 2.05) is 12.1 Å². The van der Waals surface area contributed by atoms with Crippen molar-refractivity contribution in [3.63, 3.8) is 0 Å². The van der Waals surface area contributed by atoms with Crippen molar-refractivity contribution in [1.82, 2.24) is 0 Å². The summed E-state index contributed by atoms with van der Waals surface area (Å²) in [5.74, 6) is 0. The van der Waals surface area contributed by atoms with E-state index >= 15 is 0 Å². The molecule has 1 aromatic rings. The van der Waals surface area contributed by atoms with Gasteiger partial charge in [0, 0.05) is 41.8 Å². The summed E-state index contributed by atoms with van der Waals surface area (Å²) in [6.07, 6.45) is 3.99. The molecule has 0 bridgehead atoms. The minimum absolute atomic E-state index is 0.353. The summed E-state index contributed by atoms with van der Waals surface area (Å²) in [7, 11) is 2.11. The summed E-state index contributed by atoms with van der Waals surface area (Å²) in [6.45, 7) is 1.83. The first-order chi connectivity index (χ1) is 8.72. The maximum Gasteiger partial charge on any atom is 0.0749 e. The lowest BCUT2D eigenvalue weighted by Gasteiger charge is -2.30. The summed E-state index contributed by atoms with van der Waals surface area (Å²) < 4.78 is 5.79. The number of nitrogens with zero attached hydrogens (tertiary/aromatic N) is 1. The molecule has 1 aliphatic rings. The quantitative estimate of drug-likeness (QED) is 0.765. The molecule has 0 aromatic heterocycles. The highest BCUT2D eigenvalue weighted by Gasteiger charge is 2.18. The minimum Gasteiger partial charge on any atom is -0.376 e. The fourth-order valence-corrected chi connectivity index (χ4v) is 3.38. The molecule has 2 nitrogen and oxygen atoms in total. The van der Waals surface area contributed by atoms with Crippen molar-refractivity contribution in [1.29, 1.82) is 0 Å². The van der Waals surface area contributed by atoms with Crippen LogP contribution < -0.4 is 4.90 Å². The highest BCUT2D eigenvalue weighted by Crippen LogP contribution is 2.29. The van der Waals surface area contributed by atoms with Crippen LogP contribution in [0.3, 0.4) is 0 Å². The number of ether oxygens (including phenoxy) is 1. The molecular formula is C14H19BrClNO. The molecule has 0 aliphatic carbocycles. The Balaban J connectivity index is 2.07. The van der Waals surface area contributed by atoms with E-state index in [0.717, 1.165) is 35.5 Å². The van der Waals surface area contributed by atoms with Crippen LogP contribution in [0.2, 0.25) is 5.02 Å². The van der Waals surface area contributed by atoms with Gasteiger partial charge in [-0.2, -0.15) is 0 Å². The van der Waals surface area contributed by atoms with E-state index in [4.69, 9.17) is 16.3 Å². The maximum atomic E-state index is 6.23.